The molecule has 1 saturated heterocycles. The van der Waals surface area contributed by atoms with Crippen LogP contribution in [-0.2, 0) is 34.0 Å². The summed E-state index contributed by atoms with van der Waals surface area (Å²) in [5, 5.41) is 4.14. The summed E-state index contributed by atoms with van der Waals surface area (Å²) >= 11 is 1.51. The number of hydrogen-bond donors (Lipinski definition) is 0. The van der Waals surface area contributed by atoms with Crippen LogP contribution in [0.15, 0.2) is 125 Å². The third-order valence-corrected chi connectivity index (χ3v) is 9.03. The van der Waals surface area contributed by atoms with Crippen molar-refractivity contribution in [3.63, 3.8) is 0 Å². The second kappa shape index (κ2) is 16.2. The number of hydrogen-bond acceptors (Lipinski definition) is 6. The van der Waals surface area contributed by atoms with Crippen molar-refractivity contribution in [1.29, 1.82) is 0 Å². The van der Waals surface area contributed by atoms with Crippen molar-refractivity contribution in [2.24, 2.45) is 5.11 Å². The molecule has 45 heavy (non-hydrogen) atoms. The van der Waals surface area contributed by atoms with Crippen molar-refractivity contribution in [2.75, 3.05) is 0 Å². The number of carbonyl (C=O) groups excluding carboxylic acids is 1. The van der Waals surface area contributed by atoms with Crippen LogP contribution in [0.3, 0.4) is 0 Å². The fraction of sp³-hybridized carbons (Fsp3) is 0.306. The topological polar surface area (TPSA) is 96.8 Å². The summed E-state index contributed by atoms with van der Waals surface area (Å²) in [7, 11) is 0. The molecule has 5 atom stereocenters. The third kappa shape index (κ3) is 9.12. The summed E-state index contributed by atoms with van der Waals surface area (Å²) in [6.07, 6.45) is -0.991. The Labute approximate surface area is 268 Å². The number of thioether (sulfide) groups is 1. The van der Waals surface area contributed by atoms with Gasteiger partial charge in [0, 0.05) is 16.4 Å². The summed E-state index contributed by atoms with van der Waals surface area (Å²) in [5.74, 6) is 0. The molecule has 1 aliphatic heterocycles. The van der Waals surface area contributed by atoms with E-state index in [4.69, 9.17) is 14.2 Å². The summed E-state index contributed by atoms with van der Waals surface area (Å²) < 4.78 is 19.2. The predicted molar refractivity (Wildman–Crippen MR) is 176 cm³/mol. The highest BCUT2D eigenvalue weighted by Crippen LogP contribution is 2.38. The number of ether oxygens (including phenoxy) is 3. The highest BCUT2D eigenvalue weighted by molar-refractivity contribution is 7.99. The first-order valence-corrected chi connectivity index (χ1v) is 16.0. The number of nitrogens with zero attached hydrogens (tertiary/aromatic N) is 4. The van der Waals surface area contributed by atoms with E-state index in [0.717, 1.165) is 27.1 Å². The highest BCUT2D eigenvalue weighted by Gasteiger charge is 2.44. The molecule has 232 valence electrons. The van der Waals surface area contributed by atoms with E-state index in [1.54, 1.807) is 4.90 Å². The smallest absolute Gasteiger partial charge is 0.410 e. The number of benzene rings is 4. The molecule has 1 amide bonds. The maximum Gasteiger partial charge on any atom is 0.410 e. The lowest BCUT2D eigenvalue weighted by Crippen LogP contribution is -2.56. The standard InChI is InChI=1S/C36H38N4O4S/c1-26-18-20-31(21-19-26)45-35-32(38-39-37)22-33(42-24-29-14-8-4-9-15-29)34(44-35)27(2)40(23-28-12-6-3-7-13-28)36(41)43-25-30-16-10-5-11-17-30/h3-21,27,32-35H,22-25H2,1-2H3/t27-,32-,33+,34-,35?/m1/s1. The van der Waals surface area contributed by atoms with Crippen molar-refractivity contribution in [3.8, 4) is 0 Å². The molecule has 0 spiro atoms. The van der Waals surface area contributed by atoms with Gasteiger partial charge in [-0.15, -0.1) is 0 Å². The molecule has 0 saturated carbocycles. The van der Waals surface area contributed by atoms with Gasteiger partial charge in [-0.2, -0.15) is 0 Å². The van der Waals surface area contributed by atoms with Gasteiger partial charge in [-0.3, -0.25) is 4.90 Å². The first kappa shape index (κ1) is 32.1. The SMILES string of the molecule is Cc1ccc(SC2O[C@H]([C@@H](C)N(Cc3ccccc3)C(=O)OCc3ccccc3)[C@@H](OCc3ccccc3)C[C@H]2N=[N+]=[N-])cc1. The van der Waals surface area contributed by atoms with Gasteiger partial charge in [0.1, 0.15) is 18.1 Å². The lowest BCUT2D eigenvalue weighted by molar-refractivity contribution is -0.149. The van der Waals surface area contributed by atoms with Crippen LogP contribution in [0.5, 0.6) is 0 Å². The minimum absolute atomic E-state index is 0.155. The second-order valence-corrected chi connectivity index (χ2v) is 12.3. The van der Waals surface area contributed by atoms with Crippen molar-refractivity contribution in [2.45, 2.75) is 74.6 Å². The Morgan fingerprint density at radius 3 is 2.09 bits per heavy atom. The Morgan fingerprint density at radius 1 is 0.911 bits per heavy atom. The molecule has 5 rings (SSSR count). The van der Waals surface area contributed by atoms with Crippen molar-refractivity contribution in [1.82, 2.24) is 4.90 Å². The lowest BCUT2D eigenvalue weighted by Gasteiger charge is -2.44. The Morgan fingerprint density at radius 2 is 1.49 bits per heavy atom. The van der Waals surface area contributed by atoms with Crippen molar-refractivity contribution in [3.05, 3.63) is 148 Å². The van der Waals surface area contributed by atoms with E-state index < -0.39 is 35.8 Å². The largest absolute Gasteiger partial charge is 0.445 e. The van der Waals surface area contributed by atoms with Crippen LogP contribution in [0.4, 0.5) is 4.79 Å². The van der Waals surface area contributed by atoms with E-state index in [9.17, 15) is 10.3 Å². The highest BCUT2D eigenvalue weighted by atomic mass is 32.2. The minimum atomic E-state index is -0.533. The van der Waals surface area contributed by atoms with Crippen molar-refractivity contribution < 1.29 is 19.0 Å². The van der Waals surface area contributed by atoms with Crippen LogP contribution in [-0.4, -0.2) is 40.7 Å². The molecule has 0 bridgehead atoms. The van der Waals surface area contributed by atoms with Crippen LogP contribution in [0, 0.1) is 6.92 Å². The van der Waals surface area contributed by atoms with Gasteiger partial charge in [0.15, 0.2) is 0 Å². The van der Waals surface area contributed by atoms with E-state index in [1.807, 2.05) is 129 Å². The van der Waals surface area contributed by atoms with Gasteiger partial charge in [-0.25, -0.2) is 4.79 Å². The lowest BCUT2D eigenvalue weighted by atomic mass is 9.95. The first-order chi connectivity index (χ1) is 22.0. The first-order valence-electron chi connectivity index (χ1n) is 15.1. The number of carbonyl (C=O) groups is 1. The molecular formula is C36H38N4O4S. The quantitative estimate of drug-likeness (QED) is 0.0895. The molecule has 4 aromatic rings. The molecule has 1 heterocycles. The average Bonchev–Trinajstić information content (AvgIpc) is 3.08. The Hall–Kier alpha value is -4.27. The van der Waals surface area contributed by atoms with Crippen LogP contribution in [0.2, 0.25) is 0 Å². The minimum Gasteiger partial charge on any atom is -0.445 e. The van der Waals surface area contributed by atoms with Gasteiger partial charge in [0.25, 0.3) is 0 Å². The van der Waals surface area contributed by atoms with E-state index in [-0.39, 0.29) is 6.61 Å². The molecule has 1 fully saturated rings. The summed E-state index contributed by atoms with van der Waals surface area (Å²) in [4.78, 5) is 19.7. The zero-order valence-electron chi connectivity index (χ0n) is 25.5. The van der Waals surface area contributed by atoms with Gasteiger partial charge in [0.05, 0.1) is 24.8 Å². The van der Waals surface area contributed by atoms with Gasteiger partial charge in [-0.1, -0.05) is 126 Å². The Bertz CT molecular complexity index is 1540. The Kier molecular flexibility index (Phi) is 11.5. The third-order valence-electron chi connectivity index (χ3n) is 7.83. The summed E-state index contributed by atoms with van der Waals surface area (Å²) in [6, 6.07) is 36.6. The van der Waals surface area contributed by atoms with Crippen LogP contribution < -0.4 is 0 Å². The van der Waals surface area contributed by atoms with Gasteiger partial charge in [0.2, 0.25) is 0 Å². The predicted octanol–water partition coefficient (Wildman–Crippen LogP) is 8.69. The molecule has 0 N–H and O–H groups in total. The number of rotatable bonds is 12. The van der Waals surface area contributed by atoms with Gasteiger partial charge < -0.3 is 14.2 Å². The molecule has 8 nitrogen and oxygen atoms in total. The Balaban J connectivity index is 1.43. The van der Waals surface area contributed by atoms with Crippen LogP contribution in [0.1, 0.15) is 35.6 Å². The van der Waals surface area contributed by atoms with E-state index in [0.29, 0.717) is 19.6 Å². The molecule has 0 aromatic heterocycles. The molecule has 0 radical (unpaired) electrons. The molecule has 1 unspecified atom stereocenters. The zero-order valence-corrected chi connectivity index (χ0v) is 26.3. The maximum absolute atomic E-state index is 13.8. The van der Waals surface area contributed by atoms with Crippen LogP contribution in [0.25, 0.3) is 10.4 Å². The average molecular weight is 623 g/mol. The molecular weight excluding hydrogens is 584 g/mol. The molecule has 9 heteroatoms. The molecule has 4 aromatic carbocycles. The number of amides is 1. The fourth-order valence-electron chi connectivity index (χ4n) is 5.34. The normalized spacial score (nSPS) is 20.0. The van der Waals surface area contributed by atoms with Gasteiger partial charge >= 0.3 is 6.09 Å². The number of azide groups is 1. The second-order valence-electron chi connectivity index (χ2n) is 11.1. The van der Waals surface area contributed by atoms with Crippen LogP contribution >= 0.6 is 11.8 Å². The molecule has 1 aliphatic rings. The van der Waals surface area contributed by atoms with E-state index in [1.165, 1.54) is 11.8 Å². The maximum atomic E-state index is 13.8. The van der Waals surface area contributed by atoms with Crippen molar-refractivity contribution >= 4 is 17.9 Å². The van der Waals surface area contributed by atoms with E-state index in [2.05, 4.69) is 10.0 Å². The summed E-state index contributed by atoms with van der Waals surface area (Å²) in [6.45, 7) is 4.85. The zero-order chi connectivity index (χ0) is 31.4. The number of aryl methyl sites for hydroxylation is 1. The molecule has 0 aliphatic carbocycles. The van der Waals surface area contributed by atoms with Gasteiger partial charge in [-0.05, 0) is 54.6 Å². The summed E-state index contributed by atoms with van der Waals surface area (Å²) in [5.41, 5.74) is 13.0. The van der Waals surface area contributed by atoms with E-state index >= 15 is 0 Å². The fourth-order valence-corrected chi connectivity index (χ4v) is 6.41. The monoisotopic (exact) mass is 622 g/mol.